The van der Waals surface area contributed by atoms with E-state index >= 15 is 0 Å². The smallest absolute Gasteiger partial charge is 0.168 e. The second-order valence-electron chi connectivity index (χ2n) is 5.59. The van der Waals surface area contributed by atoms with Gasteiger partial charge in [0.25, 0.3) is 0 Å². The second-order valence-corrected chi connectivity index (χ2v) is 6.67. The molecule has 0 bridgehead atoms. The number of fused-ring (bicyclic) bond motifs is 5. The zero-order valence-electron chi connectivity index (χ0n) is 11.4. The lowest BCUT2D eigenvalue weighted by Gasteiger charge is -2.17. The van der Waals surface area contributed by atoms with Gasteiger partial charge in [-0.15, -0.1) is 16.4 Å². The van der Waals surface area contributed by atoms with Gasteiger partial charge in [0.05, 0.1) is 5.39 Å². The minimum absolute atomic E-state index is 0.760. The number of hydrogen-bond acceptors (Lipinski definition) is 4. The highest BCUT2D eigenvalue weighted by Gasteiger charge is 2.24. The van der Waals surface area contributed by atoms with Crippen LogP contribution in [-0.4, -0.2) is 19.6 Å². The van der Waals surface area contributed by atoms with E-state index in [-0.39, 0.29) is 0 Å². The molecule has 0 radical (unpaired) electrons. The maximum atomic E-state index is 4.73. The summed E-state index contributed by atoms with van der Waals surface area (Å²) in [6, 6.07) is 0. The Morgan fingerprint density at radius 1 is 1.26 bits per heavy atom. The standard InChI is InChI=1S/C14H16N4S/c1-7-4-5-11-10(6-7)12-13-15-8(2)17-18(13)9(3)16-14(12)19-11/h7H,4-6H2,1-3H3/t7-/m1/s1. The summed E-state index contributed by atoms with van der Waals surface area (Å²) in [5.74, 6) is 2.51. The fourth-order valence-electron chi connectivity index (χ4n) is 3.05. The fraction of sp³-hybridized carbons (Fsp3) is 0.500. The van der Waals surface area contributed by atoms with Crippen LogP contribution in [0.3, 0.4) is 0 Å². The average molecular weight is 272 g/mol. The van der Waals surface area contributed by atoms with E-state index in [0.717, 1.165) is 34.5 Å². The Labute approximate surface area is 115 Å². The highest BCUT2D eigenvalue weighted by Crippen LogP contribution is 2.38. The zero-order valence-corrected chi connectivity index (χ0v) is 12.2. The molecule has 0 spiro atoms. The van der Waals surface area contributed by atoms with E-state index in [0.29, 0.717) is 0 Å². The Bertz CT molecular complexity index is 799. The summed E-state index contributed by atoms with van der Waals surface area (Å²) in [6.07, 6.45) is 3.64. The van der Waals surface area contributed by atoms with Crippen LogP contribution in [0, 0.1) is 19.8 Å². The van der Waals surface area contributed by atoms with E-state index in [9.17, 15) is 0 Å². The molecule has 0 aromatic carbocycles. The second kappa shape index (κ2) is 3.76. The van der Waals surface area contributed by atoms with Crippen molar-refractivity contribution >= 4 is 27.2 Å². The van der Waals surface area contributed by atoms with E-state index < -0.39 is 0 Å². The molecule has 5 heteroatoms. The van der Waals surface area contributed by atoms with E-state index in [1.54, 1.807) is 0 Å². The third-order valence-corrected chi connectivity index (χ3v) is 5.18. The largest absolute Gasteiger partial charge is 0.222 e. The number of nitrogens with zero attached hydrogens (tertiary/aromatic N) is 4. The normalized spacial score (nSPS) is 19.2. The first-order valence-electron chi connectivity index (χ1n) is 6.77. The van der Waals surface area contributed by atoms with E-state index in [2.05, 4.69) is 17.0 Å². The van der Waals surface area contributed by atoms with Crippen LogP contribution in [-0.2, 0) is 12.8 Å². The molecular weight excluding hydrogens is 256 g/mol. The van der Waals surface area contributed by atoms with Gasteiger partial charge in [0.1, 0.15) is 16.5 Å². The van der Waals surface area contributed by atoms with Crippen LogP contribution < -0.4 is 0 Å². The minimum atomic E-state index is 0.760. The van der Waals surface area contributed by atoms with Crippen LogP contribution >= 0.6 is 11.3 Å². The molecule has 0 aliphatic heterocycles. The minimum Gasteiger partial charge on any atom is -0.222 e. The van der Waals surface area contributed by atoms with Crippen molar-refractivity contribution in [2.45, 2.75) is 40.0 Å². The van der Waals surface area contributed by atoms with Gasteiger partial charge in [-0.25, -0.2) is 9.97 Å². The highest BCUT2D eigenvalue weighted by molar-refractivity contribution is 7.19. The Hall–Kier alpha value is -1.49. The first kappa shape index (κ1) is 11.3. The van der Waals surface area contributed by atoms with Gasteiger partial charge < -0.3 is 0 Å². The summed E-state index contributed by atoms with van der Waals surface area (Å²) in [5.41, 5.74) is 2.47. The van der Waals surface area contributed by atoms with Gasteiger partial charge in [0, 0.05) is 4.88 Å². The molecule has 0 saturated carbocycles. The van der Waals surface area contributed by atoms with Crippen molar-refractivity contribution in [3.05, 3.63) is 22.1 Å². The first-order valence-corrected chi connectivity index (χ1v) is 7.59. The molecule has 3 aromatic heterocycles. The number of hydrogen-bond donors (Lipinski definition) is 0. The molecule has 1 aliphatic carbocycles. The van der Waals surface area contributed by atoms with Gasteiger partial charge in [-0.3, -0.25) is 0 Å². The van der Waals surface area contributed by atoms with Crippen LogP contribution in [0.1, 0.15) is 35.4 Å². The molecule has 19 heavy (non-hydrogen) atoms. The van der Waals surface area contributed by atoms with Crippen molar-refractivity contribution in [2.75, 3.05) is 0 Å². The highest BCUT2D eigenvalue weighted by atomic mass is 32.1. The third-order valence-electron chi connectivity index (χ3n) is 4.00. The monoisotopic (exact) mass is 272 g/mol. The quantitative estimate of drug-likeness (QED) is 0.631. The summed E-state index contributed by atoms with van der Waals surface area (Å²) >= 11 is 1.85. The SMILES string of the molecule is Cc1nc2c3c4c(sc3nc(C)n2n1)CC[C@@H](C)C4. The average Bonchev–Trinajstić information content (AvgIpc) is 2.89. The van der Waals surface area contributed by atoms with Gasteiger partial charge in [0.15, 0.2) is 5.65 Å². The van der Waals surface area contributed by atoms with Crippen molar-refractivity contribution in [1.29, 1.82) is 0 Å². The molecular formula is C14H16N4S. The van der Waals surface area contributed by atoms with Gasteiger partial charge >= 0.3 is 0 Å². The lowest BCUT2D eigenvalue weighted by Crippen LogP contribution is -2.09. The molecule has 0 unspecified atom stereocenters. The Balaban J connectivity index is 2.16. The first-order chi connectivity index (χ1) is 9.13. The van der Waals surface area contributed by atoms with E-state index in [4.69, 9.17) is 4.98 Å². The summed E-state index contributed by atoms with van der Waals surface area (Å²) in [4.78, 5) is 12.0. The molecule has 3 heterocycles. The maximum Gasteiger partial charge on any atom is 0.168 e. The fourth-order valence-corrected chi connectivity index (χ4v) is 4.31. The van der Waals surface area contributed by atoms with E-state index in [1.165, 1.54) is 28.7 Å². The van der Waals surface area contributed by atoms with Crippen LogP contribution in [0.5, 0.6) is 0 Å². The molecule has 3 aromatic rings. The van der Waals surface area contributed by atoms with Gasteiger partial charge in [0.2, 0.25) is 0 Å². The predicted octanol–water partition coefficient (Wildman–Crippen LogP) is 3.08. The number of thiophene rings is 1. The molecule has 4 nitrogen and oxygen atoms in total. The van der Waals surface area contributed by atoms with Crippen LogP contribution in [0.2, 0.25) is 0 Å². The number of aromatic nitrogens is 4. The van der Waals surface area contributed by atoms with Crippen molar-refractivity contribution in [3.63, 3.8) is 0 Å². The summed E-state index contributed by atoms with van der Waals surface area (Å²) in [6.45, 7) is 6.28. The summed E-state index contributed by atoms with van der Waals surface area (Å²) in [5, 5.41) is 5.71. The molecule has 98 valence electrons. The zero-order chi connectivity index (χ0) is 13.1. The van der Waals surface area contributed by atoms with Gasteiger partial charge in [-0.2, -0.15) is 4.52 Å². The predicted molar refractivity (Wildman–Crippen MR) is 76.8 cm³/mol. The van der Waals surface area contributed by atoms with E-state index in [1.807, 2.05) is 29.7 Å². The molecule has 0 fully saturated rings. The van der Waals surface area contributed by atoms with Crippen LogP contribution in [0.4, 0.5) is 0 Å². The van der Waals surface area contributed by atoms with Crippen LogP contribution in [0.15, 0.2) is 0 Å². The van der Waals surface area contributed by atoms with Crippen molar-refractivity contribution in [3.8, 4) is 0 Å². The number of rotatable bonds is 0. The Kier molecular flexibility index (Phi) is 2.24. The summed E-state index contributed by atoms with van der Waals surface area (Å²) in [7, 11) is 0. The molecule has 1 aliphatic rings. The van der Waals surface area contributed by atoms with Crippen molar-refractivity contribution in [2.24, 2.45) is 5.92 Å². The molecule has 0 N–H and O–H groups in total. The van der Waals surface area contributed by atoms with Gasteiger partial charge in [-0.05, 0) is 44.6 Å². The lowest BCUT2D eigenvalue weighted by atomic mass is 9.89. The molecule has 1 atom stereocenters. The topological polar surface area (TPSA) is 43.1 Å². The lowest BCUT2D eigenvalue weighted by molar-refractivity contribution is 0.508. The van der Waals surface area contributed by atoms with Crippen molar-refractivity contribution in [1.82, 2.24) is 19.6 Å². The summed E-state index contributed by atoms with van der Waals surface area (Å²) < 4.78 is 1.89. The molecule has 0 saturated heterocycles. The Morgan fingerprint density at radius 2 is 2.11 bits per heavy atom. The van der Waals surface area contributed by atoms with Crippen LogP contribution in [0.25, 0.3) is 15.9 Å². The third kappa shape index (κ3) is 1.54. The van der Waals surface area contributed by atoms with Crippen molar-refractivity contribution < 1.29 is 0 Å². The molecule has 0 amide bonds. The maximum absolute atomic E-state index is 4.73. The Morgan fingerprint density at radius 3 is 2.95 bits per heavy atom. The molecule has 4 rings (SSSR count). The van der Waals surface area contributed by atoms with Gasteiger partial charge in [-0.1, -0.05) is 6.92 Å². The number of aryl methyl sites for hydroxylation is 3.